The van der Waals surface area contributed by atoms with E-state index >= 15 is 0 Å². The normalized spacial score (nSPS) is 14.3. The summed E-state index contributed by atoms with van der Waals surface area (Å²) in [4.78, 5) is 12.3. The zero-order valence-electron chi connectivity index (χ0n) is 14.0. The Balaban J connectivity index is 1.83. The molecule has 0 spiro atoms. The fraction of sp³-hybridized carbons (Fsp3) is 0.235. The first-order chi connectivity index (χ1) is 13.3. The SMILES string of the molecule is Fc1cc2c(c(C(F)(F)F)c1)OCCOc1nc(c3cc(Cl)ncc3n1)NC2. The summed E-state index contributed by atoms with van der Waals surface area (Å²) in [5.74, 6) is -1.23. The van der Waals surface area contributed by atoms with Gasteiger partial charge in [0, 0.05) is 17.5 Å². The van der Waals surface area contributed by atoms with E-state index in [-0.39, 0.29) is 42.3 Å². The van der Waals surface area contributed by atoms with Gasteiger partial charge in [0.05, 0.1) is 11.7 Å². The van der Waals surface area contributed by atoms with E-state index in [9.17, 15) is 17.6 Å². The summed E-state index contributed by atoms with van der Waals surface area (Å²) in [6, 6.07) is 2.89. The van der Waals surface area contributed by atoms with E-state index in [4.69, 9.17) is 21.1 Å². The molecule has 0 saturated carbocycles. The Labute approximate surface area is 160 Å². The number of hydrogen-bond acceptors (Lipinski definition) is 6. The number of nitrogens with zero attached hydrogens (tertiary/aromatic N) is 3. The lowest BCUT2D eigenvalue weighted by molar-refractivity contribution is -0.139. The fourth-order valence-electron chi connectivity index (χ4n) is 2.80. The predicted octanol–water partition coefficient (Wildman–Crippen LogP) is 4.22. The summed E-state index contributed by atoms with van der Waals surface area (Å²) in [5, 5.41) is 3.56. The van der Waals surface area contributed by atoms with Crippen molar-refractivity contribution in [2.45, 2.75) is 12.7 Å². The number of rotatable bonds is 0. The largest absolute Gasteiger partial charge is 0.489 e. The molecule has 4 rings (SSSR count). The first-order valence-electron chi connectivity index (χ1n) is 8.03. The number of benzene rings is 1. The third-order valence-electron chi connectivity index (χ3n) is 3.97. The molecule has 0 fully saturated rings. The van der Waals surface area contributed by atoms with E-state index in [1.165, 1.54) is 12.3 Å². The van der Waals surface area contributed by atoms with Crippen molar-refractivity contribution in [2.75, 3.05) is 18.5 Å². The molecular weight excluding hydrogens is 404 g/mol. The number of fused-ring (bicyclic) bond motifs is 5. The molecule has 3 heterocycles. The Kier molecular flexibility index (Phi) is 4.58. The van der Waals surface area contributed by atoms with Gasteiger partial charge in [0.15, 0.2) is 0 Å². The predicted molar refractivity (Wildman–Crippen MR) is 92.1 cm³/mol. The number of ether oxygens (including phenoxy) is 2. The van der Waals surface area contributed by atoms with Crippen LogP contribution in [0.15, 0.2) is 24.4 Å². The standard InChI is InChI=1S/C17H11ClF4N4O2/c18-13-5-10-12(7-23-13)25-16-26-15(10)24-6-8-3-9(19)4-11(17(20,21)22)14(8)27-1-2-28-16/h3-5,7H,1-2,6H2,(H,24,25,26). The minimum atomic E-state index is -4.78. The molecule has 11 heteroatoms. The Morgan fingerprint density at radius 2 is 1.86 bits per heavy atom. The molecule has 146 valence electrons. The van der Waals surface area contributed by atoms with Crippen molar-refractivity contribution >= 4 is 28.3 Å². The highest BCUT2D eigenvalue weighted by molar-refractivity contribution is 6.30. The first-order valence-corrected chi connectivity index (χ1v) is 8.41. The van der Waals surface area contributed by atoms with Crippen LogP contribution in [0.25, 0.3) is 10.9 Å². The summed E-state index contributed by atoms with van der Waals surface area (Å²) >= 11 is 5.92. The minimum absolute atomic E-state index is 0.00379. The van der Waals surface area contributed by atoms with Gasteiger partial charge < -0.3 is 14.8 Å². The number of halogens is 5. The Bertz CT molecular complexity index is 1060. The van der Waals surface area contributed by atoms with Crippen LogP contribution in [0.2, 0.25) is 5.15 Å². The zero-order chi connectivity index (χ0) is 19.9. The summed E-state index contributed by atoms with van der Waals surface area (Å²) in [6.07, 6.45) is -3.36. The van der Waals surface area contributed by atoms with Crippen molar-refractivity contribution in [2.24, 2.45) is 0 Å². The van der Waals surface area contributed by atoms with Gasteiger partial charge in [-0.3, -0.25) is 0 Å². The number of hydrogen-bond donors (Lipinski definition) is 1. The van der Waals surface area contributed by atoms with Crippen LogP contribution >= 0.6 is 11.6 Å². The maximum absolute atomic E-state index is 13.8. The molecule has 2 aromatic heterocycles. The van der Waals surface area contributed by atoms with Crippen LogP contribution in [0, 0.1) is 5.82 Å². The Morgan fingerprint density at radius 3 is 2.64 bits per heavy atom. The van der Waals surface area contributed by atoms with E-state index in [2.05, 4.69) is 20.3 Å². The van der Waals surface area contributed by atoms with Crippen LogP contribution < -0.4 is 14.8 Å². The van der Waals surface area contributed by atoms with Crippen molar-refractivity contribution in [3.63, 3.8) is 0 Å². The van der Waals surface area contributed by atoms with Crippen LogP contribution in [-0.2, 0) is 12.7 Å². The molecule has 0 atom stereocenters. The van der Waals surface area contributed by atoms with E-state index in [1.54, 1.807) is 0 Å². The van der Waals surface area contributed by atoms with Crippen molar-refractivity contribution in [3.8, 4) is 11.8 Å². The van der Waals surface area contributed by atoms with Crippen LogP contribution in [0.5, 0.6) is 11.8 Å². The van der Waals surface area contributed by atoms with Crippen molar-refractivity contribution < 1.29 is 27.0 Å². The minimum Gasteiger partial charge on any atom is -0.489 e. The highest BCUT2D eigenvalue weighted by Gasteiger charge is 2.36. The molecule has 0 amide bonds. The summed E-state index contributed by atoms with van der Waals surface area (Å²) < 4.78 is 64.5. The topological polar surface area (TPSA) is 69.2 Å². The molecule has 0 aliphatic carbocycles. The number of alkyl halides is 3. The third kappa shape index (κ3) is 3.59. The third-order valence-corrected chi connectivity index (χ3v) is 4.18. The smallest absolute Gasteiger partial charge is 0.420 e. The molecule has 0 unspecified atom stereocenters. The van der Waals surface area contributed by atoms with Gasteiger partial charge in [0.25, 0.3) is 0 Å². The molecule has 1 aliphatic heterocycles. The number of aromatic nitrogens is 3. The van der Waals surface area contributed by atoms with Gasteiger partial charge in [-0.2, -0.15) is 23.1 Å². The second-order valence-electron chi connectivity index (χ2n) is 5.87. The van der Waals surface area contributed by atoms with Crippen LogP contribution in [-0.4, -0.2) is 28.2 Å². The van der Waals surface area contributed by atoms with Gasteiger partial charge in [-0.25, -0.2) is 9.37 Å². The molecule has 1 aliphatic rings. The maximum atomic E-state index is 13.8. The van der Waals surface area contributed by atoms with Gasteiger partial charge in [0.1, 0.15) is 41.3 Å². The summed E-state index contributed by atoms with van der Waals surface area (Å²) in [7, 11) is 0. The molecular formula is C17H11ClF4N4O2. The number of nitrogens with one attached hydrogen (secondary N) is 1. The molecule has 1 N–H and O–H groups in total. The molecule has 0 radical (unpaired) electrons. The highest BCUT2D eigenvalue weighted by Crippen LogP contribution is 2.39. The molecule has 2 bridgehead atoms. The van der Waals surface area contributed by atoms with Crippen molar-refractivity contribution in [3.05, 3.63) is 46.5 Å². The van der Waals surface area contributed by atoms with E-state index in [1.807, 2.05) is 0 Å². The average molecular weight is 415 g/mol. The molecule has 6 nitrogen and oxygen atoms in total. The number of pyridine rings is 1. The van der Waals surface area contributed by atoms with Gasteiger partial charge in [-0.15, -0.1) is 0 Å². The quantitative estimate of drug-likeness (QED) is 0.439. The Morgan fingerprint density at radius 1 is 1.07 bits per heavy atom. The second kappa shape index (κ2) is 6.93. The van der Waals surface area contributed by atoms with Crippen molar-refractivity contribution in [1.82, 2.24) is 15.0 Å². The van der Waals surface area contributed by atoms with E-state index in [0.29, 0.717) is 17.0 Å². The maximum Gasteiger partial charge on any atom is 0.420 e. The highest BCUT2D eigenvalue weighted by atomic mass is 35.5. The molecule has 0 saturated heterocycles. The van der Waals surface area contributed by atoms with Gasteiger partial charge in [-0.05, 0) is 18.2 Å². The number of anilines is 1. The van der Waals surface area contributed by atoms with E-state index < -0.39 is 23.3 Å². The lowest BCUT2D eigenvalue weighted by Crippen LogP contribution is -2.16. The fourth-order valence-corrected chi connectivity index (χ4v) is 2.96. The van der Waals surface area contributed by atoms with Crippen molar-refractivity contribution in [1.29, 1.82) is 0 Å². The average Bonchev–Trinajstić information content (AvgIpc) is 2.65. The van der Waals surface area contributed by atoms with E-state index in [0.717, 1.165) is 6.07 Å². The lowest BCUT2D eigenvalue weighted by Gasteiger charge is -2.18. The Hall–Kier alpha value is -2.88. The molecule has 1 aromatic carbocycles. The van der Waals surface area contributed by atoms with Crippen LogP contribution in [0.3, 0.4) is 0 Å². The second-order valence-corrected chi connectivity index (χ2v) is 6.26. The summed E-state index contributed by atoms with van der Waals surface area (Å²) in [5.41, 5.74) is -0.784. The summed E-state index contributed by atoms with van der Waals surface area (Å²) in [6.45, 7) is -0.501. The van der Waals surface area contributed by atoms with Gasteiger partial charge in [0.2, 0.25) is 0 Å². The van der Waals surface area contributed by atoms with Crippen LogP contribution in [0.1, 0.15) is 11.1 Å². The monoisotopic (exact) mass is 414 g/mol. The zero-order valence-corrected chi connectivity index (χ0v) is 14.7. The lowest BCUT2D eigenvalue weighted by atomic mass is 10.1. The van der Waals surface area contributed by atoms with Gasteiger partial charge >= 0.3 is 12.2 Å². The molecule has 28 heavy (non-hydrogen) atoms. The molecule has 3 aromatic rings. The van der Waals surface area contributed by atoms with Gasteiger partial charge in [-0.1, -0.05) is 11.6 Å². The van der Waals surface area contributed by atoms with Crippen LogP contribution in [0.4, 0.5) is 23.4 Å². The first kappa shape index (κ1) is 18.5.